The minimum atomic E-state index is -0.617. The number of halogens is 1. The molecule has 0 saturated carbocycles. The van der Waals surface area contributed by atoms with Crippen LogP contribution in [0.25, 0.3) is 10.9 Å². The lowest BCUT2D eigenvalue weighted by Gasteiger charge is -2.44. The summed E-state index contributed by atoms with van der Waals surface area (Å²) in [6.45, 7) is 8.66. The largest absolute Gasteiger partial charge is 0.496 e. The summed E-state index contributed by atoms with van der Waals surface area (Å²) in [6.07, 6.45) is 1.75. The van der Waals surface area contributed by atoms with Crippen LogP contribution in [0.3, 0.4) is 0 Å². The molecule has 0 bridgehead atoms. The van der Waals surface area contributed by atoms with Crippen LogP contribution in [0.15, 0.2) is 36.4 Å². The summed E-state index contributed by atoms with van der Waals surface area (Å²) in [5, 5.41) is 0.456. The molecule has 0 spiro atoms. The molecule has 5 rings (SSSR count). The van der Waals surface area contributed by atoms with E-state index < -0.39 is 11.7 Å². The zero-order chi connectivity index (χ0) is 28.7. The van der Waals surface area contributed by atoms with Crippen LogP contribution < -0.4 is 10.6 Å². The van der Waals surface area contributed by atoms with Crippen LogP contribution in [0.4, 0.5) is 4.39 Å². The van der Waals surface area contributed by atoms with Crippen LogP contribution in [0.5, 0.6) is 5.75 Å². The molecule has 2 N–H and O–H groups in total. The lowest BCUT2D eigenvalue weighted by Crippen LogP contribution is -2.57. The van der Waals surface area contributed by atoms with Crippen molar-refractivity contribution in [3.05, 3.63) is 64.6 Å². The van der Waals surface area contributed by atoms with Gasteiger partial charge in [-0.05, 0) is 57.4 Å². The number of Topliss-reactive ketones (excluding diaryl/α,β-unsaturated/α-hetero) is 1. The van der Waals surface area contributed by atoms with Gasteiger partial charge in [-0.25, -0.2) is 4.39 Å². The van der Waals surface area contributed by atoms with Gasteiger partial charge < -0.3 is 20.4 Å². The molecule has 2 aliphatic heterocycles. The van der Waals surface area contributed by atoms with Crippen molar-refractivity contribution < 1.29 is 23.5 Å². The number of hydrogen-bond acceptors (Lipinski definition) is 6. The first-order chi connectivity index (χ1) is 19.1. The third-order valence-electron chi connectivity index (χ3n) is 8.29. The van der Waals surface area contributed by atoms with Gasteiger partial charge in [-0.2, -0.15) is 0 Å². The molecular formula is C30H36FN5O4. The highest BCUT2D eigenvalue weighted by atomic mass is 19.1. The number of amides is 2. The Morgan fingerprint density at radius 2 is 1.70 bits per heavy atom. The zero-order valence-corrected chi connectivity index (χ0v) is 23.4. The van der Waals surface area contributed by atoms with E-state index in [1.54, 1.807) is 36.1 Å². The number of nitrogen functional groups attached to an aromatic ring is 1. The number of piperazine rings is 1. The molecule has 0 aliphatic carbocycles. The van der Waals surface area contributed by atoms with Gasteiger partial charge in [-0.3, -0.25) is 24.0 Å². The van der Waals surface area contributed by atoms with Crippen molar-refractivity contribution in [2.45, 2.75) is 52.2 Å². The molecule has 2 saturated heterocycles. The summed E-state index contributed by atoms with van der Waals surface area (Å²) in [4.78, 5) is 46.1. The fourth-order valence-electron chi connectivity index (χ4n) is 5.94. The van der Waals surface area contributed by atoms with Gasteiger partial charge in [0.25, 0.3) is 17.6 Å². The van der Waals surface area contributed by atoms with Crippen LogP contribution in [0.2, 0.25) is 0 Å². The maximum atomic E-state index is 14.0. The molecule has 10 heteroatoms. The molecule has 2 aromatic carbocycles. The van der Waals surface area contributed by atoms with Crippen molar-refractivity contribution in [1.82, 2.24) is 19.4 Å². The Hall–Kier alpha value is -3.92. The van der Waals surface area contributed by atoms with Gasteiger partial charge >= 0.3 is 0 Å². The number of nitrogens with zero attached hydrogens (tertiary/aromatic N) is 4. The number of likely N-dealkylation sites (tertiary alicyclic amines) is 1. The van der Waals surface area contributed by atoms with E-state index in [-0.39, 0.29) is 29.4 Å². The molecule has 212 valence electrons. The van der Waals surface area contributed by atoms with Crippen molar-refractivity contribution in [3.63, 3.8) is 0 Å². The number of carbonyl (C=O) groups excluding carboxylic acids is 3. The lowest BCUT2D eigenvalue weighted by atomic mass is 10.0. The molecule has 9 nitrogen and oxygen atoms in total. The number of fused-ring (bicyclic) bond motifs is 1. The highest BCUT2D eigenvalue weighted by Gasteiger charge is 2.35. The number of benzene rings is 2. The SMILES string of the molecule is COc1cc2c(cc1C(=O)N1C[C@H](C)N(Cc3ccc(F)cc3)C[C@H]1C)c(C(=O)C(=O)N1CCCC1)c(C)n2N. The molecule has 3 aromatic rings. The first kappa shape index (κ1) is 27.6. The molecule has 2 fully saturated rings. The van der Waals surface area contributed by atoms with Gasteiger partial charge in [0.1, 0.15) is 11.6 Å². The molecule has 0 radical (unpaired) electrons. The Morgan fingerprint density at radius 1 is 1.02 bits per heavy atom. The van der Waals surface area contributed by atoms with Crippen LogP contribution in [0, 0.1) is 12.7 Å². The van der Waals surface area contributed by atoms with Gasteiger partial charge in [-0.1, -0.05) is 12.1 Å². The molecule has 2 aliphatic rings. The van der Waals surface area contributed by atoms with Crippen molar-refractivity contribution in [3.8, 4) is 5.75 Å². The molecule has 1 aromatic heterocycles. The standard InChI is InChI=1S/C30H36FN5O4/c1-18-16-35(19(2)15-34(18)17-21-7-9-22(31)10-8-21)29(38)24-13-23-25(14-26(24)40-4)36(32)20(3)27(23)28(37)30(39)33-11-5-6-12-33/h7-10,13-14,18-19H,5-6,11-12,15-17,32H2,1-4H3/t18-,19+/m0/s1. The Morgan fingerprint density at radius 3 is 2.35 bits per heavy atom. The number of nitrogens with two attached hydrogens (primary N) is 1. The Labute approximate surface area is 233 Å². The van der Waals surface area contributed by atoms with E-state index in [2.05, 4.69) is 11.8 Å². The van der Waals surface area contributed by atoms with Crippen molar-refractivity contribution in [2.75, 3.05) is 39.1 Å². The fourth-order valence-corrected chi connectivity index (χ4v) is 5.94. The minimum absolute atomic E-state index is 0.0579. The third-order valence-corrected chi connectivity index (χ3v) is 8.29. The predicted molar refractivity (Wildman–Crippen MR) is 150 cm³/mol. The second-order valence-corrected chi connectivity index (χ2v) is 10.9. The predicted octanol–water partition coefficient (Wildman–Crippen LogP) is 3.35. The summed E-state index contributed by atoms with van der Waals surface area (Å²) < 4.78 is 20.3. The molecule has 2 amide bonds. The van der Waals surface area contributed by atoms with Crippen molar-refractivity contribution in [1.29, 1.82) is 0 Å². The van der Waals surface area contributed by atoms with Crippen LogP contribution in [-0.2, 0) is 11.3 Å². The second-order valence-electron chi connectivity index (χ2n) is 10.9. The zero-order valence-electron chi connectivity index (χ0n) is 23.4. The van der Waals surface area contributed by atoms with E-state index in [1.165, 1.54) is 23.9 Å². The average molecular weight is 550 g/mol. The van der Waals surface area contributed by atoms with Gasteiger partial charge in [0.15, 0.2) is 0 Å². The molecule has 3 heterocycles. The normalized spacial score (nSPS) is 19.8. The van der Waals surface area contributed by atoms with Crippen LogP contribution >= 0.6 is 0 Å². The number of rotatable bonds is 6. The summed E-state index contributed by atoms with van der Waals surface area (Å²) in [5.41, 5.74) is 2.50. The van der Waals surface area contributed by atoms with Crippen LogP contribution in [0.1, 0.15) is 58.7 Å². The van der Waals surface area contributed by atoms with Crippen molar-refractivity contribution >= 4 is 28.5 Å². The molecule has 0 unspecified atom stereocenters. The van der Waals surface area contributed by atoms with E-state index in [9.17, 15) is 18.8 Å². The smallest absolute Gasteiger partial charge is 0.295 e. The summed E-state index contributed by atoms with van der Waals surface area (Å²) >= 11 is 0. The van der Waals surface area contributed by atoms with Gasteiger partial charge in [-0.15, -0.1) is 0 Å². The van der Waals surface area contributed by atoms with E-state index in [0.717, 1.165) is 18.4 Å². The minimum Gasteiger partial charge on any atom is -0.496 e. The average Bonchev–Trinajstić information content (AvgIpc) is 3.57. The monoisotopic (exact) mass is 549 g/mol. The molecule has 40 heavy (non-hydrogen) atoms. The first-order valence-electron chi connectivity index (χ1n) is 13.7. The summed E-state index contributed by atoms with van der Waals surface area (Å²) in [6, 6.07) is 9.72. The van der Waals surface area contributed by atoms with Gasteiger partial charge in [0.2, 0.25) is 0 Å². The van der Waals surface area contributed by atoms with E-state index in [1.807, 2.05) is 11.8 Å². The Kier molecular flexibility index (Phi) is 7.55. The Balaban J connectivity index is 1.45. The van der Waals surface area contributed by atoms with E-state index in [0.29, 0.717) is 60.6 Å². The van der Waals surface area contributed by atoms with Gasteiger partial charge in [0, 0.05) is 62.0 Å². The van der Waals surface area contributed by atoms with Crippen LogP contribution in [-0.4, -0.2) is 82.3 Å². The van der Waals surface area contributed by atoms with E-state index >= 15 is 0 Å². The highest BCUT2D eigenvalue weighted by molar-refractivity contribution is 6.45. The molecular weight excluding hydrogens is 513 g/mol. The number of carbonyl (C=O) groups is 3. The molecule has 2 atom stereocenters. The highest BCUT2D eigenvalue weighted by Crippen LogP contribution is 2.33. The summed E-state index contributed by atoms with van der Waals surface area (Å²) in [5.74, 6) is 5.01. The number of aromatic nitrogens is 1. The van der Waals surface area contributed by atoms with E-state index in [4.69, 9.17) is 10.6 Å². The quantitative estimate of drug-likeness (QED) is 0.288. The number of methoxy groups -OCH3 is 1. The first-order valence-corrected chi connectivity index (χ1v) is 13.7. The second kappa shape index (κ2) is 10.9. The number of hydrogen-bond donors (Lipinski definition) is 1. The number of ether oxygens (including phenoxy) is 1. The number of ketones is 1. The summed E-state index contributed by atoms with van der Waals surface area (Å²) in [7, 11) is 1.49. The lowest BCUT2D eigenvalue weighted by molar-refractivity contribution is -0.125. The fraction of sp³-hybridized carbons (Fsp3) is 0.433. The Bertz CT molecular complexity index is 1460. The maximum Gasteiger partial charge on any atom is 0.295 e. The van der Waals surface area contributed by atoms with Crippen molar-refractivity contribution in [2.24, 2.45) is 0 Å². The topological polar surface area (TPSA) is 101 Å². The maximum absolute atomic E-state index is 14.0. The van der Waals surface area contributed by atoms with Gasteiger partial charge in [0.05, 0.1) is 23.8 Å². The third kappa shape index (κ3) is 4.92.